The molecule has 0 saturated heterocycles. The van der Waals surface area contributed by atoms with Crippen molar-refractivity contribution < 1.29 is 24.7 Å². The van der Waals surface area contributed by atoms with Crippen molar-refractivity contribution in [1.29, 1.82) is 0 Å². The third-order valence-corrected chi connectivity index (χ3v) is 2.64. The second kappa shape index (κ2) is 6.08. The van der Waals surface area contributed by atoms with Gasteiger partial charge in [0, 0.05) is 30.7 Å². The molecule has 0 aliphatic heterocycles. The highest BCUT2D eigenvalue weighted by Gasteiger charge is 2.26. The van der Waals surface area contributed by atoms with Gasteiger partial charge in [-0.3, -0.25) is 19.7 Å². The Kier molecular flexibility index (Phi) is 4.73. The zero-order valence-corrected chi connectivity index (χ0v) is 10.3. The number of benzene rings is 1. The fourth-order valence-electron chi connectivity index (χ4n) is 1.78. The first-order chi connectivity index (χ1) is 9.29. The van der Waals surface area contributed by atoms with E-state index in [0.29, 0.717) is 0 Å². The van der Waals surface area contributed by atoms with E-state index in [2.05, 4.69) is 0 Å². The molecule has 0 heterocycles. The standard InChI is InChI=1S/C11H13N3O6/c12-10(17)6-3-5(14(19)20)4-7(11(13)18)9(6)8(16)1-2-15/h3-4,8,15-16H,1-2H2,(H2,12,17)(H2,13,18). The molecule has 0 radical (unpaired) electrons. The number of non-ortho nitro benzene ring substituents is 1. The van der Waals surface area contributed by atoms with Crippen molar-refractivity contribution in [3.63, 3.8) is 0 Å². The molecule has 1 unspecified atom stereocenters. The van der Waals surface area contributed by atoms with Crippen molar-refractivity contribution in [2.24, 2.45) is 11.5 Å². The molecule has 0 aliphatic carbocycles. The van der Waals surface area contributed by atoms with E-state index in [9.17, 15) is 24.8 Å². The molecule has 1 aromatic carbocycles. The maximum absolute atomic E-state index is 11.4. The lowest BCUT2D eigenvalue weighted by Gasteiger charge is -2.16. The minimum Gasteiger partial charge on any atom is -0.396 e. The number of aliphatic hydroxyl groups is 2. The third kappa shape index (κ3) is 3.08. The van der Waals surface area contributed by atoms with Crippen LogP contribution in [0, 0.1) is 10.1 Å². The molecule has 0 aliphatic rings. The van der Waals surface area contributed by atoms with Crippen LogP contribution in [0.5, 0.6) is 0 Å². The molecule has 1 aromatic rings. The summed E-state index contributed by atoms with van der Waals surface area (Å²) in [6.07, 6.45) is -1.58. The van der Waals surface area contributed by atoms with Gasteiger partial charge in [0.1, 0.15) is 0 Å². The van der Waals surface area contributed by atoms with Crippen LogP contribution in [0.1, 0.15) is 38.8 Å². The zero-order chi connectivity index (χ0) is 15.4. The van der Waals surface area contributed by atoms with Crippen LogP contribution in [-0.2, 0) is 0 Å². The lowest BCUT2D eigenvalue weighted by Crippen LogP contribution is -2.22. The molecule has 1 atom stereocenters. The van der Waals surface area contributed by atoms with Crippen LogP contribution in [0.3, 0.4) is 0 Å². The monoisotopic (exact) mass is 283 g/mol. The molecule has 2 amide bonds. The SMILES string of the molecule is NC(=O)c1cc([N+](=O)[O-])cc(C(N)=O)c1C(O)CCO. The molecule has 0 saturated carbocycles. The number of amides is 2. The molecule has 9 nitrogen and oxygen atoms in total. The fourth-order valence-corrected chi connectivity index (χ4v) is 1.78. The lowest BCUT2D eigenvalue weighted by molar-refractivity contribution is -0.384. The highest BCUT2D eigenvalue weighted by molar-refractivity contribution is 6.02. The van der Waals surface area contributed by atoms with Crippen LogP contribution in [0.15, 0.2) is 12.1 Å². The van der Waals surface area contributed by atoms with Gasteiger partial charge in [0.25, 0.3) is 5.69 Å². The van der Waals surface area contributed by atoms with Crippen LogP contribution in [0.2, 0.25) is 0 Å². The Morgan fingerprint density at radius 3 is 2.00 bits per heavy atom. The van der Waals surface area contributed by atoms with Gasteiger partial charge in [-0.05, 0) is 0 Å². The summed E-state index contributed by atoms with van der Waals surface area (Å²) in [4.78, 5) is 32.6. The summed E-state index contributed by atoms with van der Waals surface area (Å²) in [6.45, 7) is -0.422. The summed E-state index contributed by atoms with van der Waals surface area (Å²) in [7, 11) is 0. The predicted molar refractivity (Wildman–Crippen MR) is 66.8 cm³/mol. The molecule has 108 valence electrons. The number of nitro benzene ring substituents is 1. The number of carbonyl (C=O) groups excluding carboxylic acids is 2. The Bertz CT molecular complexity index is 536. The van der Waals surface area contributed by atoms with Crippen molar-refractivity contribution in [3.05, 3.63) is 38.9 Å². The minimum atomic E-state index is -1.40. The van der Waals surface area contributed by atoms with E-state index >= 15 is 0 Å². The van der Waals surface area contributed by atoms with Crippen LogP contribution >= 0.6 is 0 Å². The summed E-state index contributed by atoms with van der Waals surface area (Å²) in [5, 5.41) is 29.4. The van der Waals surface area contributed by atoms with Gasteiger partial charge in [0.05, 0.1) is 22.2 Å². The largest absolute Gasteiger partial charge is 0.396 e. The van der Waals surface area contributed by atoms with E-state index in [0.717, 1.165) is 12.1 Å². The topological polar surface area (TPSA) is 170 Å². The van der Waals surface area contributed by atoms with E-state index in [1.165, 1.54) is 0 Å². The first-order valence-electron chi connectivity index (χ1n) is 5.50. The van der Waals surface area contributed by atoms with Crippen molar-refractivity contribution in [3.8, 4) is 0 Å². The summed E-state index contributed by atoms with van der Waals surface area (Å²) in [6, 6.07) is 1.70. The zero-order valence-electron chi connectivity index (χ0n) is 10.3. The van der Waals surface area contributed by atoms with E-state index in [4.69, 9.17) is 16.6 Å². The van der Waals surface area contributed by atoms with Crippen LogP contribution in [0.25, 0.3) is 0 Å². The predicted octanol–water partition coefficient (Wildman–Crippen LogP) is -0.792. The van der Waals surface area contributed by atoms with Crippen LogP contribution < -0.4 is 11.5 Å². The fraction of sp³-hybridized carbons (Fsp3) is 0.273. The van der Waals surface area contributed by atoms with Gasteiger partial charge in [-0.2, -0.15) is 0 Å². The van der Waals surface area contributed by atoms with Crippen molar-refractivity contribution >= 4 is 17.5 Å². The van der Waals surface area contributed by atoms with Gasteiger partial charge >= 0.3 is 0 Å². The molecule has 9 heteroatoms. The van der Waals surface area contributed by atoms with Crippen LogP contribution in [-0.4, -0.2) is 33.6 Å². The van der Waals surface area contributed by atoms with Crippen LogP contribution in [0.4, 0.5) is 5.69 Å². The molecule has 1 rings (SSSR count). The molecule has 0 bridgehead atoms. The maximum atomic E-state index is 11.4. The summed E-state index contributed by atoms with van der Waals surface area (Å²) in [5.41, 5.74) is 8.67. The maximum Gasteiger partial charge on any atom is 0.271 e. The third-order valence-electron chi connectivity index (χ3n) is 2.64. The second-order valence-corrected chi connectivity index (χ2v) is 3.97. The molecule has 0 fully saturated rings. The molecular formula is C11H13N3O6. The average molecular weight is 283 g/mol. The van der Waals surface area contributed by atoms with Gasteiger partial charge < -0.3 is 21.7 Å². The number of rotatable bonds is 6. The molecule has 0 spiro atoms. The molecule has 20 heavy (non-hydrogen) atoms. The Morgan fingerprint density at radius 1 is 1.25 bits per heavy atom. The molecule has 0 aromatic heterocycles. The second-order valence-electron chi connectivity index (χ2n) is 3.97. The van der Waals surface area contributed by atoms with E-state index in [1.807, 2.05) is 0 Å². The van der Waals surface area contributed by atoms with E-state index in [1.54, 1.807) is 0 Å². The lowest BCUT2D eigenvalue weighted by atomic mass is 9.93. The van der Waals surface area contributed by atoms with Gasteiger partial charge in [0.15, 0.2) is 0 Å². The highest BCUT2D eigenvalue weighted by atomic mass is 16.6. The van der Waals surface area contributed by atoms with Crippen molar-refractivity contribution in [2.45, 2.75) is 12.5 Å². The Labute approximate surface area is 113 Å². The van der Waals surface area contributed by atoms with E-state index in [-0.39, 0.29) is 23.1 Å². The summed E-state index contributed by atoms with van der Waals surface area (Å²) < 4.78 is 0. The number of carbonyl (C=O) groups is 2. The first-order valence-corrected chi connectivity index (χ1v) is 5.50. The first kappa shape index (κ1) is 15.5. The number of primary amides is 2. The molecular weight excluding hydrogens is 270 g/mol. The number of hydrogen-bond acceptors (Lipinski definition) is 6. The molecule has 6 N–H and O–H groups in total. The number of nitro groups is 1. The van der Waals surface area contributed by atoms with Crippen molar-refractivity contribution in [1.82, 2.24) is 0 Å². The normalized spacial score (nSPS) is 11.9. The summed E-state index contributed by atoms with van der Waals surface area (Å²) >= 11 is 0. The Morgan fingerprint density at radius 2 is 1.70 bits per heavy atom. The Balaban J connectivity index is 3.63. The number of aliphatic hydroxyl groups excluding tert-OH is 2. The van der Waals surface area contributed by atoms with Gasteiger partial charge in [0.2, 0.25) is 11.8 Å². The smallest absolute Gasteiger partial charge is 0.271 e. The number of nitrogens with two attached hydrogens (primary N) is 2. The minimum absolute atomic E-state index is 0.182. The Hall–Kier alpha value is -2.52. The number of nitrogens with zero attached hydrogens (tertiary/aromatic N) is 1. The van der Waals surface area contributed by atoms with Gasteiger partial charge in [-0.25, -0.2) is 0 Å². The highest BCUT2D eigenvalue weighted by Crippen LogP contribution is 2.29. The van der Waals surface area contributed by atoms with Gasteiger partial charge in [-0.1, -0.05) is 0 Å². The summed E-state index contributed by atoms with van der Waals surface area (Å²) in [5.74, 6) is -2.11. The van der Waals surface area contributed by atoms with Gasteiger partial charge in [-0.15, -0.1) is 0 Å². The quantitative estimate of drug-likeness (QED) is 0.393. The average Bonchev–Trinajstić information content (AvgIpc) is 2.36. The van der Waals surface area contributed by atoms with E-state index < -0.39 is 35.1 Å². The number of hydrogen-bond donors (Lipinski definition) is 4. The van der Waals surface area contributed by atoms with Crippen molar-refractivity contribution in [2.75, 3.05) is 6.61 Å².